The smallest absolute Gasteiger partial charge is 0.330 e. The second-order valence-corrected chi connectivity index (χ2v) is 8.51. The lowest BCUT2D eigenvalue weighted by Crippen LogP contribution is -2.31. The van der Waals surface area contributed by atoms with Crippen molar-refractivity contribution in [3.63, 3.8) is 0 Å². The van der Waals surface area contributed by atoms with Crippen molar-refractivity contribution in [2.24, 2.45) is 17.8 Å². The molecule has 158 valence electrons. The molecule has 2 heterocycles. The number of unbranched alkanes of at least 4 members (excludes halogenated alkanes) is 1. The number of nitrogens with zero attached hydrogens (tertiary/aromatic N) is 3. The molecule has 8 nitrogen and oxygen atoms in total. The number of H-pyrrole nitrogens is 1. The summed E-state index contributed by atoms with van der Waals surface area (Å²) in [7, 11) is 0. The van der Waals surface area contributed by atoms with Crippen LogP contribution in [0.5, 0.6) is 0 Å². The van der Waals surface area contributed by atoms with E-state index in [1.54, 1.807) is 4.57 Å². The number of fused-ring (bicyclic) bond motifs is 3. The Balaban J connectivity index is 1.53. The van der Waals surface area contributed by atoms with Crippen molar-refractivity contribution in [2.75, 3.05) is 0 Å². The summed E-state index contributed by atoms with van der Waals surface area (Å²) in [5.41, 5.74) is -0.168. The van der Waals surface area contributed by atoms with E-state index in [1.807, 2.05) is 13.8 Å². The quantitative estimate of drug-likeness (QED) is 0.684. The van der Waals surface area contributed by atoms with E-state index >= 15 is 0 Å². The number of carbonyl (C=O) groups excluding carboxylic acids is 1. The van der Waals surface area contributed by atoms with Gasteiger partial charge in [-0.05, 0) is 50.4 Å². The van der Waals surface area contributed by atoms with Crippen LogP contribution in [0.4, 0.5) is 0 Å². The van der Waals surface area contributed by atoms with E-state index < -0.39 is 11.2 Å². The van der Waals surface area contributed by atoms with Crippen LogP contribution in [0, 0.1) is 17.8 Å². The highest BCUT2D eigenvalue weighted by molar-refractivity contribution is 5.72. The second-order valence-electron chi connectivity index (χ2n) is 8.51. The third-order valence-corrected chi connectivity index (χ3v) is 6.69. The topological polar surface area (TPSA) is 99.0 Å². The molecule has 2 aromatic rings. The molecule has 0 aliphatic heterocycles. The zero-order valence-corrected chi connectivity index (χ0v) is 17.3. The maximum atomic E-state index is 12.4. The molecule has 29 heavy (non-hydrogen) atoms. The molecule has 8 heteroatoms. The number of ether oxygens (including phenoxy) is 1. The fraction of sp³-hybridized carbons (Fsp3) is 0.714. The van der Waals surface area contributed by atoms with E-state index in [-0.39, 0.29) is 12.6 Å². The Bertz CT molecular complexity index is 1020. The van der Waals surface area contributed by atoms with Gasteiger partial charge in [0.1, 0.15) is 12.4 Å². The lowest BCUT2D eigenvalue weighted by molar-refractivity contribution is -0.146. The fourth-order valence-corrected chi connectivity index (χ4v) is 5.24. The number of hydrogen-bond donors (Lipinski definition) is 1. The van der Waals surface area contributed by atoms with Crippen molar-refractivity contribution in [2.45, 2.75) is 78.5 Å². The molecule has 2 aliphatic carbocycles. The second kappa shape index (κ2) is 8.16. The van der Waals surface area contributed by atoms with Crippen LogP contribution in [0.2, 0.25) is 0 Å². The van der Waals surface area contributed by atoms with Gasteiger partial charge in [0.15, 0.2) is 11.2 Å². The Morgan fingerprint density at radius 2 is 2.03 bits per heavy atom. The zero-order valence-electron chi connectivity index (χ0n) is 17.3. The van der Waals surface area contributed by atoms with E-state index in [4.69, 9.17) is 4.74 Å². The molecule has 0 aromatic carbocycles. The van der Waals surface area contributed by atoms with Gasteiger partial charge in [0.25, 0.3) is 5.56 Å². The van der Waals surface area contributed by atoms with Crippen molar-refractivity contribution in [1.82, 2.24) is 19.1 Å². The van der Waals surface area contributed by atoms with Crippen LogP contribution in [0.3, 0.4) is 0 Å². The Labute approximate surface area is 169 Å². The number of carbonyl (C=O) groups is 1. The number of esters is 1. The van der Waals surface area contributed by atoms with Gasteiger partial charge in [-0.3, -0.25) is 19.1 Å². The normalized spacial score (nSPS) is 23.2. The van der Waals surface area contributed by atoms with Crippen molar-refractivity contribution in [1.29, 1.82) is 0 Å². The van der Waals surface area contributed by atoms with Gasteiger partial charge in [0.05, 0.1) is 0 Å². The van der Waals surface area contributed by atoms with Crippen LogP contribution in [-0.4, -0.2) is 25.1 Å². The van der Waals surface area contributed by atoms with Crippen molar-refractivity contribution >= 4 is 17.1 Å². The Morgan fingerprint density at radius 1 is 1.21 bits per heavy atom. The Kier molecular flexibility index (Phi) is 5.61. The lowest BCUT2D eigenvalue weighted by atomic mass is 9.86. The van der Waals surface area contributed by atoms with Gasteiger partial charge in [0, 0.05) is 19.5 Å². The molecule has 4 rings (SSSR count). The summed E-state index contributed by atoms with van der Waals surface area (Å²) < 4.78 is 8.78. The van der Waals surface area contributed by atoms with Gasteiger partial charge in [-0.2, -0.15) is 0 Å². The number of aryl methyl sites for hydroxylation is 2. The van der Waals surface area contributed by atoms with E-state index in [0.29, 0.717) is 48.3 Å². The average molecular weight is 402 g/mol. The van der Waals surface area contributed by atoms with E-state index in [0.717, 1.165) is 25.2 Å². The van der Waals surface area contributed by atoms with E-state index in [2.05, 4.69) is 9.97 Å². The first kappa shape index (κ1) is 19.9. The number of imidazole rings is 1. The number of rotatable bonds is 8. The molecule has 2 fully saturated rings. The molecule has 2 aliphatic rings. The van der Waals surface area contributed by atoms with Gasteiger partial charge in [-0.15, -0.1) is 0 Å². The first-order valence-electron chi connectivity index (χ1n) is 10.9. The summed E-state index contributed by atoms with van der Waals surface area (Å²) in [4.78, 5) is 44.0. The molecule has 2 aromatic heterocycles. The SMILES string of the molecule is CCCCn1c(=O)[nH]c(=O)c2c1nc(COC(=O)C[C@@H]1C[C@H]3CC[C@@H]1C3)n2CC. The Hall–Kier alpha value is -2.38. The summed E-state index contributed by atoms with van der Waals surface area (Å²) >= 11 is 0. The molecule has 0 radical (unpaired) electrons. The van der Waals surface area contributed by atoms with Crippen LogP contribution in [-0.2, 0) is 29.2 Å². The highest BCUT2D eigenvalue weighted by Gasteiger charge is 2.40. The molecule has 2 bridgehead atoms. The van der Waals surface area contributed by atoms with Crippen LogP contribution in [0.15, 0.2) is 9.59 Å². The summed E-state index contributed by atoms with van der Waals surface area (Å²) in [5.74, 6) is 2.24. The number of aromatic nitrogens is 4. The number of aromatic amines is 1. The Morgan fingerprint density at radius 3 is 2.69 bits per heavy atom. The number of hydrogen-bond acceptors (Lipinski definition) is 5. The molecular formula is C21H30N4O4. The highest BCUT2D eigenvalue weighted by atomic mass is 16.5. The van der Waals surface area contributed by atoms with Gasteiger partial charge >= 0.3 is 11.7 Å². The maximum Gasteiger partial charge on any atom is 0.330 e. The highest BCUT2D eigenvalue weighted by Crippen LogP contribution is 2.49. The molecule has 0 unspecified atom stereocenters. The van der Waals surface area contributed by atoms with Crippen LogP contribution in [0.25, 0.3) is 11.2 Å². The monoisotopic (exact) mass is 402 g/mol. The van der Waals surface area contributed by atoms with Gasteiger partial charge in [0.2, 0.25) is 0 Å². The molecule has 1 N–H and O–H groups in total. The fourth-order valence-electron chi connectivity index (χ4n) is 5.24. The predicted octanol–water partition coefficient (Wildman–Crippen LogP) is 2.58. The molecule has 2 saturated carbocycles. The van der Waals surface area contributed by atoms with Crippen molar-refractivity contribution in [3.8, 4) is 0 Å². The van der Waals surface area contributed by atoms with Crippen LogP contribution < -0.4 is 11.2 Å². The molecular weight excluding hydrogens is 372 g/mol. The maximum absolute atomic E-state index is 12.4. The van der Waals surface area contributed by atoms with Crippen LogP contribution in [0.1, 0.15) is 64.6 Å². The first-order valence-corrected chi connectivity index (χ1v) is 10.9. The largest absolute Gasteiger partial charge is 0.457 e. The van der Waals surface area contributed by atoms with E-state index in [9.17, 15) is 14.4 Å². The van der Waals surface area contributed by atoms with Crippen LogP contribution >= 0.6 is 0 Å². The summed E-state index contributed by atoms with van der Waals surface area (Å²) in [6, 6.07) is 0. The van der Waals surface area contributed by atoms with Crippen molar-refractivity contribution in [3.05, 3.63) is 26.7 Å². The minimum absolute atomic E-state index is 0.0174. The average Bonchev–Trinajstić information content (AvgIpc) is 3.40. The molecule has 0 amide bonds. The third kappa shape index (κ3) is 3.76. The molecule has 0 spiro atoms. The van der Waals surface area contributed by atoms with Gasteiger partial charge in [-0.1, -0.05) is 19.8 Å². The summed E-state index contributed by atoms with van der Waals surface area (Å²) in [5, 5.41) is 0. The first-order chi connectivity index (χ1) is 14.0. The lowest BCUT2D eigenvalue weighted by Gasteiger charge is -2.20. The predicted molar refractivity (Wildman–Crippen MR) is 109 cm³/mol. The van der Waals surface area contributed by atoms with Gasteiger partial charge < -0.3 is 9.30 Å². The van der Waals surface area contributed by atoms with E-state index in [1.165, 1.54) is 23.8 Å². The standard InChI is InChI=1S/C21H30N4O4/c1-3-5-8-25-19-18(20(27)23-21(25)28)24(4-2)16(22-19)12-29-17(26)11-15-10-13-6-7-14(15)9-13/h13-15H,3-12H2,1-2H3,(H,23,27,28)/t13-,14+,15-/m0/s1. The third-order valence-electron chi connectivity index (χ3n) is 6.69. The van der Waals surface area contributed by atoms with Crippen molar-refractivity contribution < 1.29 is 9.53 Å². The number of nitrogens with one attached hydrogen (secondary N) is 1. The summed E-state index contributed by atoms with van der Waals surface area (Å²) in [6.07, 6.45) is 7.17. The van der Waals surface area contributed by atoms with Gasteiger partial charge in [-0.25, -0.2) is 9.78 Å². The minimum atomic E-state index is -0.452. The molecule has 3 atom stereocenters. The minimum Gasteiger partial charge on any atom is -0.457 e. The molecule has 0 saturated heterocycles. The summed E-state index contributed by atoms with van der Waals surface area (Å²) in [6.45, 7) is 4.96. The zero-order chi connectivity index (χ0) is 20.5.